The van der Waals surface area contributed by atoms with Gasteiger partial charge in [-0.2, -0.15) is 0 Å². The Hall–Kier alpha value is -6.22. The Morgan fingerprint density at radius 1 is 0.373 bits per heavy atom. The number of hydrogen-bond acceptors (Lipinski definition) is 2. The first-order valence-corrected chi connectivity index (χ1v) is 18.3. The Morgan fingerprint density at radius 3 is 1.69 bits per heavy atom. The Morgan fingerprint density at radius 2 is 0.941 bits per heavy atom. The van der Waals surface area contributed by atoms with Gasteiger partial charge in [0.25, 0.3) is 0 Å². The molecule has 9 aromatic rings. The van der Waals surface area contributed by atoms with E-state index in [2.05, 4.69) is 199 Å². The zero-order valence-electron chi connectivity index (χ0n) is 27.9. The smallest absolute Gasteiger partial charge is 0.0713 e. The molecule has 0 saturated carbocycles. The molecule has 1 aliphatic carbocycles. The van der Waals surface area contributed by atoms with Gasteiger partial charge in [0.05, 0.1) is 5.41 Å². The molecule has 1 N–H and O–H groups in total. The highest BCUT2D eigenvalue weighted by molar-refractivity contribution is 7.26. The second kappa shape index (κ2) is 12.0. The fourth-order valence-corrected chi connectivity index (χ4v) is 9.43. The lowest BCUT2D eigenvalue weighted by molar-refractivity contribution is 0.769. The Labute approximate surface area is 302 Å². The van der Waals surface area contributed by atoms with Crippen molar-refractivity contribution in [2.45, 2.75) is 5.41 Å². The van der Waals surface area contributed by atoms with Crippen LogP contribution in [0.1, 0.15) is 22.3 Å². The highest BCUT2D eigenvalue weighted by atomic mass is 32.1. The van der Waals surface area contributed by atoms with E-state index >= 15 is 0 Å². The fourth-order valence-electron chi connectivity index (χ4n) is 8.32. The number of benzene rings is 8. The molecule has 0 bridgehead atoms. The summed E-state index contributed by atoms with van der Waals surface area (Å²) < 4.78 is 2.59. The topological polar surface area (TPSA) is 12.0 Å². The molecule has 0 fully saturated rings. The summed E-state index contributed by atoms with van der Waals surface area (Å²) in [5.74, 6) is 0. The van der Waals surface area contributed by atoms with Crippen LogP contribution in [0.25, 0.3) is 53.6 Å². The first kappa shape index (κ1) is 29.7. The van der Waals surface area contributed by atoms with Crippen molar-refractivity contribution < 1.29 is 0 Å². The summed E-state index contributed by atoms with van der Waals surface area (Å²) in [5.41, 5.74) is 14.5. The SMILES string of the molecule is c1ccc(-c2ccc(Nc3ccc4sc5cccc(-c6cccc(C7(c8ccccc8)c8ccccc8-c8ccccc87)c6)c5c4c3)cc2)cc1. The molecule has 2 heteroatoms. The molecule has 0 atom stereocenters. The van der Waals surface area contributed by atoms with Gasteiger partial charge >= 0.3 is 0 Å². The summed E-state index contributed by atoms with van der Waals surface area (Å²) in [6, 6.07) is 71.0. The minimum atomic E-state index is -0.428. The maximum absolute atomic E-state index is 3.68. The summed E-state index contributed by atoms with van der Waals surface area (Å²) in [7, 11) is 0. The lowest BCUT2D eigenvalue weighted by Crippen LogP contribution is -2.28. The van der Waals surface area contributed by atoms with Crippen LogP contribution < -0.4 is 5.32 Å². The van der Waals surface area contributed by atoms with E-state index in [1.807, 2.05) is 11.3 Å². The second-order valence-corrected chi connectivity index (χ2v) is 14.4. The molecular weight excluding hydrogens is 635 g/mol. The van der Waals surface area contributed by atoms with Gasteiger partial charge in [0.15, 0.2) is 0 Å². The molecule has 0 radical (unpaired) electrons. The standard InChI is InChI=1S/C49H33NS/c1-3-13-33(14-4-1)34-25-27-38(28-26-34)50-39-29-30-46-43(32-39)48-40(21-12-24-47(48)51-46)35-15-11-18-37(31-35)49(36-16-5-2-6-17-36)44-22-9-7-19-41(44)42-20-8-10-23-45(42)49/h1-32,50H. The predicted molar refractivity (Wildman–Crippen MR) is 217 cm³/mol. The van der Waals surface area contributed by atoms with Gasteiger partial charge in [0, 0.05) is 31.5 Å². The number of hydrogen-bond donors (Lipinski definition) is 1. The van der Waals surface area contributed by atoms with E-state index in [0.29, 0.717) is 0 Å². The largest absolute Gasteiger partial charge is 0.356 e. The number of nitrogens with one attached hydrogen (secondary N) is 1. The van der Waals surface area contributed by atoms with Gasteiger partial charge < -0.3 is 5.32 Å². The van der Waals surface area contributed by atoms with Crippen molar-refractivity contribution in [2.75, 3.05) is 5.32 Å². The number of rotatable bonds is 6. The Bertz CT molecular complexity index is 2660. The molecule has 10 rings (SSSR count). The third kappa shape index (κ3) is 4.75. The Kier molecular flexibility index (Phi) is 6.97. The molecule has 8 aromatic carbocycles. The van der Waals surface area contributed by atoms with E-state index in [4.69, 9.17) is 0 Å². The van der Waals surface area contributed by atoms with Crippen LogP contribution in [0.5, 0.6) is 0 Å². The van der Waals surface area contributed by atoms with Crippen LogP contribution in [0.2, 0.25) is 0 Å². The van der Waals surface area contributed by atoms with Gasteiger partial charge in [-0.15, -0.1) is 11.3 Å². The predicted octanol–water partition coefficient (Wildman–Crippen LogP) is 13.5. The zero-order valence-corrected chi connectivity index (χ0v) is 28.7. The summed E-state index contributed by atoms with van der Waals surface area (Å²) >= 11 is 1.86. The molecule has 51 heavy (non-hydrogen) atoms. The van der Waals surface area contributed by atoms with Crippen molar-refractivity contribution in [1.29, 1.82) is 0 Å². The first-order valence-electron chi connectivity index (χ1n) is 17.5. The minimum Gasteiger partial charge on any atom is -0.356 e. The van der Waals surface area contributed by atoms with Crippen LogP contribution in [0, 0.1) is 0 Å². The summed E-state index contributed by atoms with van der Waals surface area (Å²) in [6.45, 7) is 0. The fraction of sp³-hybridized carbons (Fsp3) is 0.0204. The van der Waals surface area contributed by atoms with Gasteiger partial charge in [0.1, 0.15) is 0 Å². The maximum Gasteiger partial charge on any atom is 0.0713 e. The normalized spacial score (nSPS) is 12.9. The highest BCUT2D eigenvalue weighted by Gasteiger charge is 2.45. The lowest BCUT2D eigenvalue weighted by atomic mass is 9.67. The van der Waals surface area contributed by atoms with Crippen LogP contribution in [-0.2, 0) is 5.41 Å². The van der Waals surface area contributed by atoms with Crippen molar-refractivity contribution >= 4 is 42.9 Å². The van der Waals surface area contributed by atoms with Crippen molar-refractivity contribution in [3.63, 3.8) is 0 Å². The van der Waals surface area contributed by atoms with E-state index in [9.17, 15) is 0 Å². The molecule has 0 amide bonds. The van der Waals surface area contributed by atoms with E-state index in [1.54, 1.807) is 0 Å². The van der Waals surface area contributed by atoms with Crippen LogP contribution in [0.15, 0.2) is 194 Å². The van der Waals surface area contributed by atoms with Crippen molar-refractivity contribution in [3.05, 3.63) is 216 Å². The van der Waals surface area contributed by atoms with Gasteiger partial charge in [0.2, 0.25) is 0 Å². The first-order chi connectivity index (χ1) is 25.3. The van der Waals surface area contributed by atoms with Crippen LogP contribution in [-0.4, -0.2) is 0 Å². The number of fused-ring (bicyclic) bond motifs is 6. The molecule has 0 unspecified atom stereocenters. The van der Waals surface area contributed by atoms with Gasteiger partial charge in [-0.25, -0.2) is 0 Å². The third-order valence-electron chi connectivity index (χ3n) is 10.5. The molecule has 1 nitrogen and oxygen atoms in total. The van der Waals surface area contributed by atoms with E-state index in [-0.39, 0.29) is 0 Å². The molecule has 0 saturated heterocycles. The third-order valence-corrected chi connectivity index (χ3v) is 11.7. The average molecular weight is 668 g/mol. The summed E-state index contributed by atoms with van der Waals surface area (Å²) in [5, 5.41) is 6.26. The lowest BCUT2D eigenvalue weighted by Gasteiger charge is -2.34. The summed E-state index contributed by atoms with van der Waals surface area (Å²) in [6.07, 6.45) is 0. The molecule has 1 aromatic heterocycles. The molecule has 1 heterocycles. The number of anilines is 2. The van der Waals surface area contributed by atoms with E-state index in [0.717, 1.165) is 11.4 Å². The molecule has 0 spiro atoms. The zero-order chi connectivity index (χ0) is 33.8. The van der Waals surface area contributed by atoms with Crippen molar-refractivity contribution in [2.24, 2.45) is 0 Å². The maximum atomic E-state index is 3.68. The highest BCUT2D eigenvalue weighted by Crippen LogP contribution is 2.56. The average Bonchev–Trinajstić information content (AvgIpc) is 3.73. The monoisotopic (exact) mass is 667 g/mol. The van der Waals surface area contributed by atoms with Crippen LogP contribution in [0.4, 0.5) is 11.4 Å². The summed E-state index contributed by atoms with van der Waals surface area (Å²) in [4.78, 5) is 0. The second-order valence-electron chi connectivity index (χ2n) is 13.3. The molecule has 240 valence electrons. The van der Waals surface area contributed by atoms with E-state index in [1.165, 1.54) is 75.8 Å². The van der Waals surface area contributed by atoms with Crippen LogP contribution >= 0.6 is 11.3 Å². The van der Waals surface area contributed by atoms with Gasteiger partial charge in [-0.1, -0.05) is 152 Å². The van der Waals surface area contributed by atoms with Gasteiger partial charge in [-0.05, 0) is 98.1 Å². The molecule has 1 aliphatic rings. The van der Waals surface area contributed by atoms with E-state index < -0.39 is 5.41 Å². The molecule has 0 aliphatic heterocycles. The Balaban J connectivity index is 1.10. The van der Waals surface area contributed by atoms with Gasteiger partial charge in [-0.3, -0.25) is 0 Å². The molecular formula is C49H33NS. The van der Waals surface area contributed by atoms with Crippen molar-refractivity contribution in [1.82, 2.24) is 0 Å². The van der Waals surface area contributed by atoms with Crippen molar-refractivity contribution in [3.8, 4) is 33.4 Å². The number of thiophene rings is 1. The minimum absolute atomic E-state index is 0.428. The quantitative estimate of drug-likeness (QED) is 0.186. The van der Waals surface area contributed by atoms with Crippen LogP contribution in [0.3, 0.4) is 0 Å².